The molecule has 4 heteroatoms. The Morgan fingerprint density at radius 2 is 2.27 bits per heavy atom. The maximum Gasteiger partial charge on any atom is 0.125 e. The standard InChI is InChI=1S/C11H10BrNOS/c1-7-3-2-4-8(5-7)11-13-10(12)9(6-14)15-11/h2-5,14H,6H2,1H3. The summed E-state index contributed by atoms with van der Waals surface area (Å²) in [5, 5.41) is 10.0. The number of halogens is 1. The average Bonchev–Trinajstić information content (AvgIpc) is 2.60. The van der Waals surface area contributed by atoms with E-state index in [4.69, 9.17) is 5.11 Å². The second kappa shape index (κ2) is 4.43. The molecule has 1 heterocycles. The van der Waals surface area contributed by atoms with Crippen LogP contribution in [0.3, 0.4) is 0 Å². The number of nitrogens with zero attached hydrogens (tertiary/aromatic N) is 1. The first-order chi connectivity index (χ1) is 7.20. The van der Waals surface area contributed by atoms with E-state index in [0.29, 0.717) is 0 Å². The van der Waals surface area contributed by atoms with Crippen LogP contribution in [0.5, 0.6) is 0 Å². The lowest BCUT2D eigenvalue weighted by Crippen LogP contribution is -1.77. The first-order valence-corrected chi connectivity index (χ1v) is 6.15. The summed E-state index contributed by atoms with van der Waals surface area (Å²) in [5.41, 5.74) is 2.31. The number of rotatable bonds is 2. The van der Waals surface area contributed by atoms with Gasteiger partial charge in [0.15, 0.2) is 0 Å². The summed E-state index contributed by atoms with van der Waals surface area (Å²) in [6.45, 7) is 2.09. The molecule has 0 fully saturated rings. The number of thiazole rings is 1. The molecule has 78 valence electrons. The molecule has 2 rings (SSSR count). The van der Waals surface area contributed by atoms with Crippen molar-refractivity contribution in [2.45, 2.75) is 13.5 Å². The smallest absolute Gasteiger partial charge is 0.125 e. The highest BCUT2D eigenvalue weighted by molar-refractivity contribution is 9.10. The van der Waals surface area contributed by atoms with Gasteiger partial charge in [0.25, 0.3) is 0 Å². The van der Waals surface area contributed by atoms with Gasteiger partial charge in [0.1, 0.15) is 9.61 Å². The lowest BCUT2D eigenvalue weighted by Gasteiger charge is -1.96. The van der Waals surface area contributed by atoms with Crippen LogP contribution in [-0.2, 0) is 6.61 Å². The van der Waals surface area contributed by atoms with E-state index in [1.165, 1.54) is 16.9 Å². The van der Waals surface area contributed by atoms with Gasteiger partial charge in [-0.2, -0.15) is 0 Å². The summed E-state index contributed by atoms with van der Waals surface area (Å²) >= 11 is 4.85. The molecule has 0 saturated heterocycles. The molecule has 0 aliphatic rings. The van der Waals surface area contributed by atoms with Crippen LogP contribution in [0.15, 0.2) is 28.9 Å². The summed E-state index contributed by atoms with van der Waals surface area (Å²) in [6, 6.07) is 8.18. The minimum Gasteiger partial charge on any atom is -0.391 e. The number of hydrogen-bond donors (Lipinski definition) is 1. The van der Waals surface area contributed by atoms with Crippen LogP contribution in [0.1, 0.15) is 10.4 Å². The molecular formula is C11H10BrNOS. The fourth-order valence-corrected chi connectivity index (χ4v) is 2.80. The van der Waals surface area contributed by atoms with Crippen LogP contribution in [0, 0.1) is 6.92 Å². The van der Waals surface area contributed by atoms with Crippen LogP contribution in [0.25, 0.3) is 10.6 Å². The van der Waals surface area contributed by atoms with Crippen molar-refractivity contribution in [2.24, 2.45) is 0 Å². The van der Waals surface area contributed by atoms with Crippen molar-refractivity contribution in [3.05, 3.63) is 39.3 Å². The van der Waals surface area contributed by atoms with Crippen molar-refractivity contribution in [3.8, 4) is 10.6 Å². The molecule has 2 aromatic rings. The second-order valence-electron chi connectivity index (χ2n) is 3.26. The van der Waals surface area contributed by atoms with Gasteiger partial charge >= 0.3 is 0 Å². The van der Waals surface area contributed by atoms with Gasteiger partial charge in [0.2, 0.25) is 0 Å². The van der Waals surface area contributed by atoms with Crippen molar-refractivity contribution in [1.82, 2.24) is 4.98 Å². The van der Waals surface area contributed by atoms with E-state index in [0.717, 1.165) is 20.1 Å². The molecule has 0 bridgehead atoms. The molecule has 1 aromatic carbocycles. The molecule has 2 nitrogen and oxygen atoms in total. The molecule has 0 unspecified atom stereocenters. The van der Waals surface area contributed by atoms with E-state index in [2.05, 4.69) is 40.0 Å². The second-order valence-corrected chi connectivity index (χ2v) is 5.10. The SMILES string of the molecule is Cc1cccc(-c2nc(Br)c(CO)s2)c1. The molecule has 0 radical (unpaired) electrons. The molecule has 0 saturated carbocycles. The third-order valence-electron chi connectivity index (χ3n) is 2.06. The third-order valence-corrected chi connectivity index (χ3v) is 4.07. The molecule has 0 atom stereocenters. The zero-order valence-electron chi connectivity index (χ0n) is 8.20. The Bertz CT molecular complexity index is 481. The fraction of sp³-hybridized carbons (Fsp3) is 0.182. The number of aromatic nitrogens is 1. The topological polar surface area (TPSA) is 33.1 Å². The van der Waals surface area contributed by atoms with Gasteiger partial charge in [0.05, 0.1) is 11.5 Å². The molecule has 0 aliphatic heterocycles. The molecule has 1 aromatic heterocycles. The lowest BCUT2D eigenvalue weighted by atomic mass is 10.1. The highest BCUT2D eigenvalue weighted by Gasteiger charge is 2.09. The van der Waals surface area contributed by atoms with E-state index < -0.39 is 0 Å². The van der Waals surface area contributed by atoms with E-state index in [1.54, 1.807) is 0 Å². The van der Waals surface area contributed by atoms with Crippen LogP contribution < -0.4 is 0 Å². The zero-order chi connectivity index (χ0) is 10.8. The van der Waals surface area contributed by atoms with Crippen LogP contribution >= 0.6 is 27.3 Å². The fourth-order valence-electron chi connectivity index (χ4n) is 1.33. The molecular weight excluding hydrogens is 274 g/mol. The first-order valence-electron chi connectivity index (χ1n) is 4.54. The largest absolute Gasteiger partial charge is 0.391 e. The zero-order valence-corrected chi connectivity index (χ0v) is 10.6. The summed E-state index contributed by atoms with van der Waals surface area (Å²) in [6.07, 6.45) is 0. The van der Waals surface area contributed by atoms with Crippen LogP contribution in [0.4, 0.5) is 0 Å². The normalized spacial score (nSPS) is 10.6. The van der Waals surface area contributed by atoms with Crippen molar-refractivity contribution < 1.29 is 5.11 Å². The van der Waals surface area contributed by atoms with Crippen molar-refractivity contribution in [3.63, 3.8) is 0 Å². The predicted octanol–water partition coefficient (Wildman–Crippen LogP) is 3.37. The summed E-state index contributed by atoms with van der Waals surface area (Å²) in [7, 11) is 0. The molecule has 15 heavy (non-hydrogen) atoms. The first kappa shape index (κ1) is 10.8. The van der Waals surface area contributed by atoms with Crippen molar-refractivity contribution in [2.75, 3.05) is 0 Å². The highest BCUT2D eigenvalue weighted by atomic mass is 79.9. The van der Waals surface area contributed by atoms with Gasteiger partial charge in [-0.15, -0.1) is 11.3 Å². The Balaban J connectivity index is 2.45. The predicted molar refractivity (Wildman–Crippen MR) is 65.9 cm³/mol. The highest BCUT2D eigenvalue weighted by Crippen LogP contribution is 2.31. The monoisotopic (exact) mass is 283 g/mol. The third kappa shape index (κ3) is 2.27. The summed E-state index contributed by atoms with van der Waals surface area (Å²) in [4.78, 5) is 5.24. The van der Waals surface area contributed by atoms with E-state index in [9.17, 15) is 0 Å². The lowest BCUT2D eigenvalue weighted by molar-refractivity contribution is 0.284. The Morgan fingerprint density at radius 1 is 1.47 bits per heavy atom. The molecule has 0 aliphatic carbocycles. The minimum absolute atomic E-state index is 0.0318. The van der Waals surface area contributed by atoms with E-state index in [-0.39, 0.29) is 6.61 Å². The van der Waals surface area contributed by atoms with Crippen LogP contribution in [-0.4, -0.2) is 10.1 Å². The van der Waals surface area contributed by atoms with Gasteiger partial charge in [-0.25, -0.2) is 4.98 Å². The Kier molecular flexibility index (Phi) is 3.19. The van der Waals surface area contributed by atoms with E-state index >= 15 is 0 Å². The van der Waals surface area contributed by atoms with Crippen molar-refractivity contribution >= 4 is 27.3 Å². The maximum absolute atomic E-state index is 9.07. The Labute approximate surface area is 101 Å². The van der Waals surface area contributed by atoms with Crippen LogP contribution in [0.2, 0.25) is 0 Å². The maximum atomic E-state index is 9.07. The minimum atomic E-state index is 0.0318. The van der Waals surface area contributed by atoms with Gasteiger partial charge in [0, 0.05) is 5.56 Å². The average molecular weight is 284 g/mol. The van der Waals surface area contributed by atoms with Gasteiger partial charge < -0.3 is 5.11 Å². The van der Waals surface area contributed by atoms with Gasteiger partial charge in [-0.3, -0.25) is 0 Å². The van der Waals surface area contributed by atoms with Gasteiger partial charge in [-0.1, -0.05) is 23.8 Å². The van der Waals surface area contributed by atoms with E-state index in [1.807, 2.05) is 12.1 Å². The number of hydrogen-bond acceptors (Lipinski definition) is 3. The number of aryl methyl sites for hydroxylation is 1. The number of aliphatic hydroxyl groups is 1. The summed E-state index contributed by atoms with van der Waals surface area (Å²) in [5.74, 6) is 0. The molecule has 1 N–H and O–H groups in total. The molecule has 0 spiro atoms. The van der Waals surface area contributed by atoms with Gasteiger partial charge in [-0.05, 0) is 28.9 Å². The molecule has 0 amide bonds. The Morgan fingerprint density at radius 3 is 2.87 bits per heavy atom. The quantitative estimate of drug-likeness (QED) is 0.917. The van der Waals surface area contributed by atoms with Crippen molar-refractivity contribution in [1.29, 1.82) is 0 Å². The number of benzene rings is 1. The summed E-state index contributed by atoms with van der Waals surface area (Å²) < 4.78 is 0.742. The number of aliphatic hydroxyl groups excluding tert-OH is 1. The Hall–Kier alpha value is -0.710.